The van der Waals surface area contributed by atoms with Gasteiger partial charge in [-0.3, -0.25) is 13.7 Å². The highest BCUT2D eigenvalue weighted by molar-refractivity contribution is 9.10. The molecule has 0 aliphatic carbocycles. The Morgan fingerprint density at radius 3 is 2.36 bits per heavy atom. The van der Waals surface area contributed by atoms with Crippen molar-refractivity contribution < 1.29 is 22.7 Å². The number of carbonyl (C=O) groups is 2. The number of esters is 1. The Labute approximate surface area is 199 Å². The number of rotatable bonds is 6. The molecular formula is C24H19BrN2O5S. The quantitative estimate of drug-likeness (QED) is 0.339. The summed E-state index contributed by atoms with van der Waals surface area (Å²) in [4.78, 5) is 25.7. The Balaban J connectivity index is 1.81. The van der Waals surface area contributed by atoms with Crippen molar-refractivity contribution in [2.24, 2.45) is 0 Å². The number of nitrogens with zero attached hydrogens (tertiary/aromatic N) is 2. The van der Waals surface area contributed by atoms with E-state index in [2.05, 4.69) is 15.9 Å². The molecule has 0 unspecified atom stereocenters. The van der Waals surface area contributed by atoms with Crippen molar-refractivity contribution in [1.29, 1.82) is 0 Å². The molecule has 4 rings (SSSR count). The van der Waals surface area contributed by atoms with Gasteiger partial charge in [-0.15, -0.1) is 0 Å². The first kappa shape index (κ1) is 22.8. The molecule has 7 nitrogen and oxygen atoms in total. The van der Waals surface area contributed by atoms with Crippen LogP contribution in [0.5, 0.6) is 0 Å². The van der Waals surface area contributed by atoms with Crippen LogP contribution in [0.3, 0.4) is 0 Å². The smallest absolute Gasteiger partial charge is 0.340 e. The Morgan fingerprint density at radius 2 is 1.67 bits per heavy atom. The maximum atomic E-state index is 13.5. The minimum Gasteiger partial charge on any atom is -0.465 e. The molecule has 0 aliphatic heterocycles. The summed E-state index contributed by atoms with van der Waals surface area (Å²) in [6.07, 6.45) is 1.38. The van der Waals surface area contributed by atoms with E-state index < -0.39 is 28.4 Å². The number of anilines is 1. The first-order valence-electron chi connectivity index (χ1n) is 9.88. The van der Waals surface area contributed by atoms with Crippen molar-refractivity contribution in [1.82, 2.24) is 4.57 Å². The first-order chi connectivity index (χ1) is 15.8. The SMILES string of the molecule is COC(=O)c1cn(C(=O)CN(c2cccc(Br)c2)S(=O)(=O)c2ccccc2)c2ccccc12. The predicted octanol–water partition coefficient (Wildman–Crippen LogP) is 4.73. The number of ether oxygens (including phenoxy) is 1. The molecular weight excluding hydrogens is 508 g/mol. The molecule has 0 atom stereocenters. The third-order valence-corrected chi connectivity index (χ3v) is 7.37. The topological polar surface area (TPSA) is 85.7 Å². The lowest BCUT2D eigenvalue weighted by Gasteiger charge is -2.24. The van der Waals surface area contributed by atoms with E-state index in [4.69, 9.17) is 4.74 Å². The van der Waals surface area contributed by atoms with Crippen LogP contribution in [0.1, 0.15) is 15.2 Å². The van der Waals surface area contributed by atoms with Gasteiger partial charge in [0.05, 0.1) is 28.8 Å². The lowest BCUT2D eigenvalue weighted by Crippen LogP contribution is -2.37. The van der Waals surface area contributed by atoms with E-state index in [0.717, 1.165) is 4.31 Å². The van der Waals surface area contributed by atoms with Gasteiger partial charge in [-0.05, 0) is 36.4 Å². The molecule has 0 amide bonds. The van der Waals surface area contributed by atoms with Crippen LogP contribution in [-0.4, -0.2) is 38.5 Å². The van der Waals surface area contributed by atoms with Gasteiger partial charge in [0.2, 0.25) is 0 Å². The molecule has 33 heavy (non-hydrogen) atoms. The number of sulfonamides is 1. The van der Waals surface area contributed by atoms with E-state index >= 15 is 0 Å². The van der Waals surface area contributed by atoms with E-state index in [9.17, 15) is 18.0 Å². The number of fused-ring (bicyclic) bond motifs is 1. The fourth-order valence-corrected chi connectivity index (χ4v) is 5.34. The standard InChI is InChI=1S/C24H19BrN2O5S/c1-32-24(29)21-15-26(22-13-6-5-12-20(21)22)23(28)16-27(18-9-7-8-17(25)14-18)33(30,31)19-10-3-2-4-11-19/h2-15H,16H2,1H3. The van der Waals surface area contributed by atoms with Crippen LogP contribution >= 0.6 is 15.9 Å². The van der Waals surface area contributed by atoms with Gasteiger partial charge in [0, 0.05) is 16.1 Å². The number of para-hydroxylation sites is 1. The zero-order valence-corrected chi connectivity index (χ0v) is 19.9. The summed E-state index contributed by atoms with van der Waals surface area (Å²) < 4.78 is 34.9. The molecule has 0 N–H and O–H groups in total. The summed E-state index contributed by atoms with van der Waals surface area (Å²) >= 11 is 3.36. The predicted molar refractivity (Wildman–Crippen MR) is 129 cm³/mol. The van der Waals surface area contributed by atoms with Crippen molar-refractivity contribution >= 4 is 54.4 Å². The van der Waals surface area contributed by atoms with Crippen LogP contribution in [0.25, 0.3) is 10.9 Å². The van der Waals surface area contributed by atoms with Crippen molar-refractivity contribution in [3.8, 4) is 0 Å². The molecule has 0 fully saturated rings. The van der Waals surface area contributed by atoms with Gasteiger partial charge in [0.25, 0.3) is 15.9 Å². The van der Waals surface area contributed by atoms with E-state index in [1.54, 1.807) is 66.7 Å². The van der Waals surface area contributed by atoms with Crippen LogP contribution < -0.4 is 4.31 Å². The number of benzene rings is 3. The fourth-order valence-electron chi connectivity index (χ4n) is 3.52. The zero-order valence-electron chi connectivity index (χ0n) is 17.5. The molecule has 4 aromatic rings. The minimum atomic E-state index is -4.05. The van der Waals surface area contributed by atoms with Crippen LogP contribution in [-0.2, 0) is 14.8 Å². The molecule has 0 saturated carbocycles. The summed E-state index contributed by atoms with van der Waals surface area (Å²) in [5.74, 6) is -1.11. The van der Waals surface area contributed by atoms with Gasteiger partial charge in [0.15, 0.2) is 0 Å². The van der Waals surface area contributed by atoms with Gasteiger partial charge in [0.1, 0.15) is 6.54 Å². The Kier molecular flexibility index (Phi) is 6.35. The van der Waals surface area contributed by atoms with Crippen molar-refractivity contribution in [3.05, 3.63) is 95.1 Å². The average molecular weight is 527 g/mol. The number of hydrogen-bond donors (Lipinski definition) is 0. The number of methoxy groups -OCH3 is 1. The highest BCUT2D eigenvalue weighted by Crippen LogP contribution is 2.27. The van der Waals surface area contributed by atoms with Crippen LogP contribution in [0.4, 0.5) is 5.69 Å². The molecule has 0 aliphatic rings. The number of halogens is 1. The summed E-state index contributed by atoms with van der Waals surface area (Å²) in [6.45, 7) is -0.479. The lowest BCUT2D eigenvalue weighted by molar-refractivity contribution is 0.0603. The first-order valence-corrected chi connectivity index (χ1v) is 12.1. The maximum Gasteiger partial charge on any atom is 0.340 e. The number of hydrogen-bond acceptors (Lipinski definition) is 5. The molecule has 0 saturated heterocycles. The average Bonchev–Trinajstić information content (AvgIpc) is 3.22. The van der Waals surface area contributed by atoms with Crippen molar-refractivity contribution in [3.63, 3.8) is 0 Å². The normalized spacial score (nSPS) is 11.3. The summed E-state index contributed by atoms with van der Waals surface area (Å²) in [6, 6.07) is 21.5. The third kappa shape index (κ3) is 4.42. The Bertz CT molecular complexity index is 1450. The van der Waals surface area contributed by atoms with E-state index in [1.807, 2.05) is 0 Å². The van der Waals surface area contributed by atoms with Crippen LogP contribution in [0, 0.1) is 0 Å². The second-order valence-corrected chi connectivity index (χ2v) is 9.90. The van der Waals surface area contributed by atoms with Crippen molar-refractivity contribution in [2.45, 2.75) is 4.90 Å². The van der Waals surface area contributed by atoms with Gasteiger partial charge in [-0.1, -0.05) is 58.4 Å². The number of carbonyl (C=O) groups excluding carboxylic acids is 2. The molecule has 3 aromatic carbocycles. The molecule has 9 heteroatoms. The van der Waals surface area contributed by atoms with Gasteiger partial charge in [-0.2, -0.15) is 0 Å². The van der Waals surface area contributed by atoms with Crippen LogP contribution in [0.15, 0.2) is 94.4 Å². The second-order valence-electron chi connectivity index (χ2n) is 7.12. The van der Waals surface area contributed by atoms with E-state index in [0.29, 0.717) is 21.1 Å². The van der Waals surface area contributed by atoms with Gasteiger partial charge in [-0.25, -0.2) is 13.2 Å². The molecule has 1 aromatic heterocycles. The highest BCUT2D eigenvalue weighted by Gasteiger charge is 2.29. The summed E-state index contributed by atoms with van der Waals surface area (Å²) in [5, 5.41) is 0.539. The van der Waals surface area contributed by atoms with E-state index in [-0.39, 0.29) is 10.5 Å². The van der Waals surface area contributed by atoms with Gasteiger partial charge >= 0.3 is 5.97 Å². The largest absolute Gasteiger partial charge is 0.465 e. The fraction of sp³-hybridized carbons (Fsp3) is 0.0833. The molecule has 1 heterocycles. The Hall–Kier alpha value is -3.43. The zero-order chi connectivity index (χ0) is 23.6. The molecule has 168 valence electrons. The maximum absolute atomic E-state index is 13.5. The second kappa shape index (κ2) is 9.21. The Morgan fingerprint density at radius 1 is 0.970 bits per heavy atom. The minimum absolute atomic E-state index is 0.0605. The molecule has 0 bridgehead atoms. The summed E-state index contributed by atoms with van der Waals surface area (Å²) in [7, 11) is -2.79. The molecule has 0 radical (unpaired) electrons. The monoisotopic (exact) mass is 526 g/mol. The highest BCUT2D eigenvalue weighted by atomic mass is 79.9. The third-order valence-electron chi connectivity index (χ3n) is 5.09. The summed E-state index contributed by atoms with van der Waals surface area (Å²) in [5.41, 5.74) is 1.03. The van der Waals surface area contributed by atoms with Crippen molar-refractivity contribution in [2.75, 3.05) is 18.0 Å². The van der Waals surface area contributed by atoms with Crippen LogP contribution in [0.2, 0.25) is 0 Å². The molecule has 0 spiro atoms. The van der Waals surface area contributed by atoms with E-state index in [1.165, 1.54) is 30.0 Å². The lowest BCUT2D eigenvalue weighted by atomic mass is 10.2. The number of aromatic nitrogens is 1. The van der Waals surface area contributed by atoms with Gasteiger partial charge < -0.3 is 4.74 Å².